The van der Waals surface area contributed by atoms with Crippen molar-refractivity contribution in [1.29, 1.82) is 0 Å². The molecule has 36 heavy (non-hydrogen) atoms. The van der Waals surface area contributed by atoms with E-state index in [4.69, 9.17) is 9.72 Å². The Morgan fingerprint density at radius 3 is 2.14 bits per heavy atom. The first-order valence-electron chi connectivity index (χ1n) is 12.0. The molecule has 0 spiro atoms. The van der Waals surface area contributed by atoms with Crippen LogP contribution < -0.4 is 10.1 Å². The second-order valence-electron chi connectivity index (χ2n) is 9.97. The quantitative estimate of drug-likeness (QED) is 0.212. The highest BCUT2D eigenvalue weighted by atomic mass is 16.5. The maximum Gasteiger partial charge on any atom is 0.343 e. The summed E-state index contributed by atoms with van der Waals surface area (Å²) in [6, 6.07) is 29.1. The highest BCUT2D eigenvalue weighted by molar-refractivity contribution is 5.91. The zero-order chi connectivity index (χ0) is 25.3. The lowest BCUT2D eigenvalue weighted by Gasteiger charge is -2.22. The lowest BCUT2D eigenvalue weighted by atomic mass is 10.0. The molecule has 0 saturated carbocycles. The number of rotatable bonds is 5. The number of fused-ring (bicyclic) bond motifs is 1. The number of carbonyl (C=O) groups is 1. The largest absolute Gasteiger partial charge is 0.423 e. The molecular formula is C31H29N3O2. The van der Waals surface area contributed by atoms with Crippen molar-refractivity contribution in [3.05, 3.63) is 108 Å². The van der Waals surface area contributed by atoms with Crippen molar-refractivity contribution in [2.75, 3.05) is 5.32 Å². The van der Waals surface area contributed by atoms with Crippen LogP contribution in [0.5, 0.6) is 5.75 Å². The number of hydrogen-bond acceptors (Lipinski definition) is 4. The van der Waals surface area contributed by atoms with E-state index in [1.807, 2.05) is 72.9 Å². The molecule has 0 amide bonds. The Morgan fingerprint density at radius 2 is 1.47 bits per heavy atom. The molecule has 1 N–H and O–H groups in total. The van der Waals surface area contributed by atoms with Crippen LogP contribution in [0, 0.1) is 6.92 Å². The summed E-state index contributed by atoms with van der Waals surface area (Å²) in [5.41, 5.74) is 6.35. The predicted molar refractivity (Wildman–Crippen MR) is 146 cm³/mol. The number of aromatic nitrogens is 2. The normalized spacial score (nSPS) is 11.4. The summed E-state index contributed by atoms with van der Waals surface area (Å²) in [6.45, 7) is 8.43. The molecule has 2 heterocycles. The van der Waals surface area contributed by atoms with Crippen LogP contribution in [0.25, 0.3) is 28.0 Å². The summed E-state index contributed by atoms with van der Waals surface area (Å²) in [6.07, 6.45) is 2.04. The second kappa shape index (κ2) is 9.34. The fraction of sp³-hybridized carbons (Fsp3) is 0.161. The van der Waals surface area contributed by atoms with Gasteiger partial charge in [0.1, 0.15) is 22.9 Å². The molecule has 0 bridgehead atoms. The molecule has 5 nitrogen and oxygen atoms in total. The van der Waals surface area contributed by atoms with Gasteiger partial charge in [-0.2, -0.15) is 0 Å². The third kappa shape index (κ3) is 5.01. The molecule has 0 aliphatic heterocycles. The maximum atomic E-state index is 12.7. The van der Waals surface area contributed by atoms with Crippen LogP contribution in [0.1, 0.15) is 36.7 Å². The van der Waals surface area contributed by atoms with Crippen molar-refractivity contribution in [3.63, 3.8) is 0 Å². The average Bonchev–Trinajstić information content (AvgIpc) is 3.20. The molecule has 0 aliphatic carbocycles. The number of imidazole rings is 1. The standard InChI is InChI=1S/C31H29N3O2/c1-21-18-19-34-27(20-21)32-28(29(34)33-31(2,3)4)24-14-16-26(17-15-24)36-30(35)25-12-10-23(11-13-25)22-8-6-5-7-9-22/h5-20,33H,1-4H3. The van der Waals surface area contributed by atoms with Crippen molar-refractivity contribution in [2.45, 2.75) is 33.2 Å². The van der Waals surface area contributed by atoms with Crippen LogP contribution >= 0.6 is 0 Å². The van der Waals surface area contributed by atoms with E-state index in [1.165, 1.54) is 0 Å². The summed E-state index contributed by atoms with van der Waals surface area (Å²) >= 11 is 0. The van der Waals surface area contributed by atoms with Crippen LogP contribution in [0.4, 0.5) is 5.82 Å². The fourth-order valence-corrected chi connectivity index (χ4v) is 4.10. The molecule has 180 valence electrons. The summed E-state index contributed by atoms with van der Waals surface area (Å²) in [4.78, 5) is 17.6. The van der Waals surface area contributed by atoms with Gasteiger partial charge in [0, 0.05) is 17.3 Å². The molecule has 0 fully saturated rings. The third-order valence-electron chi connectivity index (χ3n) is 5.84. The lowest BCUT2D eigenvalue weighted by Crippen LogP contribution is -2.27. The zero-order valence-electron chi connectivity index (χ0n) is 20.9. The minimum absolute atomic E-state index is 0.138. The first-order valence-corrected chi connectivity index (χ1v) is 12.0. The molecule has 5 heteroatoms. The van der Waals surface area contributed by atoms with Crippen LogP contribution in [-0.4, -0.2) is 20.9 Å². The lowest BCUT2D eigenvalue weighted by molar-refractivity contribution is 0.0735. The van der Waals surface area contributed by atoms with Gasteiger partial charge in [-0.25, -0.2) is 9.78 Å². The van der Waals surface area contributed by atoms with Gasteiger partial charge in [0.2, 0.25) is 0 Å². The number of esters is 1. The van der Waals surface area contributed by atoms with E-state index in [-0.39, 0.29) is 11.5 Å². The van der Waals surface area contributed by atoms with E-state index in [1.54, 1.807) is 12.1 Å². The first-order chi connectivity index (χ1) is 17.3. The Balaban J connectivity index is 1.37. The van der Waals surface area contributed by atoms with E-state index >= 15 is 0 Å². The molecule has 0 saturated heterocycles. The molecule has 2 aromatic heterocycles. The first kappa shape index (κ1) is 23.4. The van der Waals surface area contributed by atoms with E-state index in [2.05, 4.69) is 49.5 Å². The molecule has 5 rings (SSSR count). The fourth-order valence-electron chi connectivity index (χ4n) is 4.10. The average molecular weight is 476 g/mol. The number of benzene rings is 3. The zero-order valence-corrected chi connectivity index (χ0v) is 20.9. The highest BCUT2D eigenvalue weighted by Crippen LogP contribution is 2.32. The number of pyridine rings is 1. The van der Waals surface area contributed by atoms with Crippen LogP contribution in [0.2, 0.25) is 0 Å². The van der Waals surface area contributed by atoms with E-state index in [9.17, 15) is 4.79 Å². The summed E-state index contributed by atoms with van der Waals surface area (Å²) in [5, 5.41) is 3.59. The van der Waals surface area contributed by atoms with Crippen LogP contribution in [0.3, 0.4) is 0 Å². The monoisotopic (exact) mass is 475 g/mol. The Labute approximate surface area is 211 Å². The Kier molecular flexibility index (Phi) is 6.06. The smallest absolute Gasteiger partial charge is 0.343 e. The molecule has 0 radical (unpaired) electrons. The molecule has 5 aromatic rings. The van der Waals surface area contributed by atoms with Gasteiger partial charge in [0.15, 0.2) is 0 Å². The molecular weight excluding hydrogens is 446 g/mol. The van der Waals surface area contributed by atoms with Crippen molar-refractivity contribution in [3.8, 4) is 28.1 Å². The van der Waals surface area contributed by atoms with Crippen LogP contribution in [-0.2, 0) is 0 Å². The van der Waals surface area contributed by atoms with Gasteiger partial charge in [-0.1, -0.05) is 42.5 Å². The number of nitrogens with one attached hydrogen (secondary N) is 1. The molecule has 3 aromatic carbocycles. The highest BCUT2D eigenvalue weighted by Gasteiger charge is 2.19. The number of ether oxygens (including phenoxy) is 1. The Bertz CT molecular complexity index is 1510. The van der Waals surface area contributed by atoms with Crippen LogP contribution in [0.15, 0.2) is 97.2 Å². The van der Waals surface area contributed by atoms with Crippen molar-refractivity contribution >= 4 is 17.4 Å². The van der Waals surface area contributed by atoms with Crippen molar-refractivity contribution in [2.24, 2.45) is 0 Å². The van der Waals surface area contributed by atoms with Crippen molar-refractivity contribution < 1.29 is 9.53 Å². The number of hydrogen-bond donors (Lipinski definition) is 1. The van der Waals surface area contributed by atoms with Gasteiger partial charge < -0.3 is 10.1 Å². The molecule has 0 unspecified atom stereocenters. The number of carbonyl (C=O) groups excluding carboxylic acids is 1. The number of aryl methyl sites for hydroxylation is 1. The summed E-state index contributed by atoms with van der Waals surface area (Å²) < 4.78 is 7.71. The third-order valence-corrected chi connectivity index (χ3v) is 5.84. The van der Waals surface area contributed by atoms with Gasteiger partial charge in [0.05, 0.1) is 5.56 Å². The minimum atomic E-state index is -0.388. The molecule has 0 atom stereocenters. The maximum absolute atomic E-state index is 12.7. The van der Waals surface area contributed by atoms with Gasteiger partial charge in [-0.15, -0.1) is 0 Å². The van der Waals surface area contributed by atoms with Crippen molar-refractivity contribution in [1.82, 2.24) is 9.38 Å². The van der Waals surface area contributed by atoms with E-state index in [0.717, 1.165) is 39.4 Å². The van der Waals surface area contributed by atoms with E-state index in [0.29, 0.717) is 11.3 Å². The van der Waals surface area contributed by atoms with Gasteiger partial charge in [-0.05, 0) is 92.9 Å². The summed E-state index contributed by atoms with van der Waals surface area (Å²) in [7, 11) is 0. The van der Waals surface area contributed by atoms with Gasteiger partial charge in [-0.3, -0.25) is 4.40 Å². The predicted octanol–water partition coefficient (Wildman–Crippen LogP) is 7.41. The van der Waals surface area contributed by atoms with Gasteiger partial charge >= 0.3 is 5.97 Å². The number of nitrogens with zero attached hydrogens (tertiary/aromatic N) is 2. The Morgan fingerprint density at radius 1 is 0.833 bits per heavy atom. The minimum Gasteiger partial charge on any atom is -0.423 e. The topological polar surface area (TPSA) is 55.6 Å². The summed E-state index contributed by atoms with van der Waals surface area (Å²) in [5.74, 6) is 1.03. The molecule has 0 aliphatic rings. The van der Waals surface area contributed by atoms with E-state index < -0.39 is 0 Å². The SMILES string of the molecule is Cc1ccn2c(NC(C)(C)C)c(-c3ccc(OC(=O)c4ccc(-c5ccccc5)cc4)cc3)nc2c1. The van der Waals surface area contributed by atoms with Gasteiger partial charge in [0.25, 0.3) is 0 Å². The second-order valence-corrected chi connectivity index (χ2v) is 9.97. The number of anilines is 1. The Hall–Kier alpha value is -4.38.